The van der Waals surface area contributed by atoms with E-state index in [2.05, 4.69) is 14.5 Å². The van der Waals surface area contributed by atoms with E-state index in [4.69, 9.17) is 23.2 Å². The summed E-state index contributed by atoms with van der Waals surface area (Å²) in [5, 5.41) is 0.495. The van der Waals surface area contributed by atoms with Crippen LogP contribution in [0.15, 0.2) is 30.6 Å². The second-order valence-corrected chi connectivity index (χ2v) is 5.85. The van der Waals surface area contributed by atoms with Crippen molar-refractivity contribution in [3.8, 4) is 0 Å². The number of benzene rings is 1. The Morgan fingerprint density at radius 2 is 2.15 bits per heavy atom. The quantitative estimate of drug-likeness (QED) is 0.690. The number of halogens is 2. The van der Waals surface area contributed by atoms with Crippen LogP contribution in [-0.4, -0.2) is 19.1 Å². The summed E-state index contributed by atoms with van der Waals surface area (Å²) in [5.74, 6) is 1.78. The standard InChI is InChI=1S/C14H14Cl2N4/c1-9(15)14-18-11-7-10(16)3-4-12(11)20(14)8-13-17-5-6-19(13)2/h3-7,9H,8H2,1-2H3. The second-order valence-electron chi connectivity index (χ2n) is 4.76. The summed E-state index contributed by atoms with van der Waals surface area (Å²) >= 11 is 12.3. The number of aryl methyl sites for hydroxylation is 1. The smallest absolute Gasteiger partial charge is 0.128 e. The summed E-state index contributed by atoms with van der Waals surface area (Å²) in [4.78, 5) is 8.95. The Balaban J connectivity index is 2.16. The molecule has 1 atom stereocenters. The largest absolute Gasteiger partial charge is 0.337 e. The lowest BCUT2D eigenvalue weighted by molar-refractivity contribution is 0.677. The van der Waals surface area contributed by atoms with Crippen molar-refractivity contribution in [2.75, 3.05) is 0 Å². The van der Waals surface area contributed by atoms with Crippen LogP contribution < -0.4 is 0 Å². The molecule has 0 aliphatic rings. The first-order chi connectivity index (χ1) is 9.56. The van der Waals surface area contributed by atoms with Gasteiger partial charge in [-0.05, 0) is 25.1 Å². The highest BCUT2D eigenvalue weighted by atomic mass is 35.5. The molecule has 0 fully saturated rings. The number of nitrogens with zero attached hydrogens (tertiary/aromatic N) is 4. The lowest BCUT2D eigenvalue weighted by Gasteiger charge is -2.10. The zero-order chi connectivity index (χ0) is 14.3. The third-order valence-corrected chi connectivity index (χ3v) is 3.75. The first-order valence-corrected chi connectivity index (χ1v) is 7.13. The van der Waals surface area contributed by atoms with Gasteiger partial charge in [0.1, 0.15) is 11.6 Å². The van der Waals surface area contributed by atoms with Crippen molar-refractivity contribution >= 4 is 34.2 Å². The van der Waals surface area contributed by atoms with Gasteiger partial charge in [0, 0.05) is 24.5 Å². The molecule has 1 aromatic carbocycles. The van der Waals surface area contributed by atoms with Crippen molar-refractivity contribution in [3.05, 3.63) is 47.3 Å². The van der Waals surface area contributed by atoms with Crippen LogP contribution in [0.2, 0.25) is 5.02 Å². The summed E-state index contributed by atoms with van der Waals surface area (Å²) < 4.78 is 4.08. The highest BCUT2D eigenvalue weighted by Crippen LogP contribution is 2.27. The zero-order valence-electron chi connectivity index (χ0n) is 11.2. The van der Waals surface area contributed by atoms with Crippen LogP contribution in [0.1, 0.15) is 23.9 Å². The Labute approximate surface area is 127 Å². The molecule has 0 spiro atoms. The number of aromatic nitrogens is 4. The molecule has 0 aliphatic carbocycles. The average molecular weight is 309 g/mol. The minimum atomic E-state index is -0.179. The number of alkyl halides is 1. The van der Waals surface area contributed by atoms with Crippen LogP contribution in [-0.2, 0) is 13.6 Å². The van der Waals surface area contributed by atoms with Crippen molar-refractivity contribution in [3.63, 3.8) is 0 Å². The third kappa shape index (κ3) is 2.30. The fraction of sp³-hybridized carbons (Fsp3) is 0.286. The molecule has 0 aliphatic heterocycles. The van der Waals surface area contributed by atoms with Gasteiger partial charge in [0.25, 0.3) is 0 Å². The molecule has 0 bridgehead atoms. The van der Waals surface area contributed by atoms with Crippen LogP contribution in [0.3, 0.4) is 0 Å². The second kappa shape index (κ2) is 5.11. The van der Waals surface area contributed by atoms with Crippen LogP contribution in [0.25, 0.3) is 11.0 Å². The van der Waals surface area contributed by atoms with Gasteiger partial charge in [-0.25, -0.2) is 9.97 Å². The molecule has 4 nitrogen and oxygen atoms in total. The molecular formula is C14H14Cl2N4. The number of hydrogen-bond donors (Lipinski definition) is 0. The Morgan fingerprint density at radius 3 is 2.80 bits per heavy atom. The Morgan fingerprint density at radius 1 is 1.35 bits per heavy atom. The monoisotopic (exact) mass is 308 g/mol. The molecule has 104 valence electrons. The van der Waals surface area contributed by atoms with Crippen molar-refractivity contribution in [2.45, 2.75) is 18.8 Å². The summed E-state index contributed by atoms with van der Waals surface area (Å²) in [6.45, 7) is 2.55. The van der Waals surface area contributed by atoms with Crippen molar-refractivity contribution in [2.24, 2.45) is 7.05 Å². The average Bonchev–Trinajstić information content (AvgIpc) is 2.95. The molecular weight excluding hydrogens is 295 g/mol. The molecule has 0 radical (unpaired) electrons. The van der Waals surface area contributed by atoms with Crippen molar-refractivity contribution in [1.82, 2.24) is 19.1 Å². The van der Waals surface area contributed by atoms with E-state index in [1.54, 1.807) is 6.20 Å². The number of fused-ring (bicyclic) bond motifs is 1. The Hall–Kier alpha value is -1.52. The maximum absolute atomic E-state index is 6.26. The maximum Gasteiger partial charge on any atom is 0.128 e. The van der Waals surface area contributed by atoms with E-state index in [-0.39, 0.29) is 5.38 Å². The van der Waals surface area contributed by atoms with E-state index < -0.39 is 0 Å². The summed E-state index contributed by atoms with van der Waals surface area (Å²) in [5.41, 5.74) is 1.87. The Kier molecular flexibility index (Phi) is 3.44. The molecule has 6 heteroatoms. The molecule has 0 amide bonds. The van der Waals surface area contributed by atoms with Gasteiger partial charge in [-0.2, -0.15) is 0 Å². The van der Waals surface area contributed by atoms with Crippen LogP contribution >= 0.6 is 23.2 Å². The van der Waals surface area contributed by atoms with E-state index in [1.807, 2.05) is 42.9 Å². The summed E-state index contributed by atoms with van der Waals surface area (Å²) in [7, 11) is 1.97. The van der Waals surface area contributed by atoms with Gasteiger partial charge in [0.15, 0.2) is 0 Å². The molecule has 0 saturated heterocycles. The van der Waals surface area contributed by atoms with Gasteiger partial charge in [-0.1, -0.05) is 11.6 Å². The van der Waals surface area contributed by atoms with Crippen molar-refractivity contribution < 1.29 is 0 Å². The van der Waals surface area contributed by atoms with Gasteiger partial charge in [-0.15, -0.1) is 11.6 Å². The fourth-order valence-electron chi connectivity index (χ4n) is 2.28. The molecule has 20 heavy (non-hydrogen) atoms. The number of imidazole rings is 2. The van der Waals surface area contributed by atoms with Gasteiger partial charge in [0.05, 0.1) is 23.0 Å². The number of rotatable bonds is 3. The topological polar surface area (TPSA) is 35.6 Å². The normalized spacial score (nSPS) is 13.0. The molecule has 1 unspecified atom stereocenters. The molecule has 0 saturated carbocycles. The molecule has 2 heterocycles. The highest BCUT2D eigenvalue weighted by Gasteiger charge is 2.16. The minimum absolute atomic E-state index is 0.179. The Bertz CT molecular complexity index is 758. The van der Waals surface area contributed by atoms with E-state index in [0.717, 1.165) is 22.7 Å². The molecule has 3 aromatic rings. The molecule has 2 aromatic heterocycles. The summed E-state index contributed by atoms with van der Waals surface area (Å²) in [6.07, 6.45) is 3.71. The zero-order valence-corrected chi connectivity index (χ0v) is 12.7. The minimum Gasteiger partial charge on any atom is -0.337 e. The van der Waals surface area contributed by atoms with Crippen LogP contribution in [0.4, 0.5) is 0 Å². The van der Waals surface area contributed by atoms with E-state index in [0.29, 0.717) is 11.6 Å². The SMILES string of the molecule is CC(Cl)c1nc2cc(Cl)ccc2n1Cc1nccn1C. The van der Waals surface area contributed by atoms with E-state index in [1.165, 1.54) is 0 Å². The lowest BCUT2D eigenvalue weighted by atomic mass is 10.3. The first kappa shape index (κ1) is 13.5. The number of hydrogen-bond acceptors (Lipinski definition) is 2. The lowest BCUT2D eigenvalue weighted by Crippen LogP contribution is -2.09. The summed E-state index contributed by atoms with van der Waals surface area (Å²) in [6, 6.07) is 5.69. The maximum atomic E-state index is 6.26. The van der Waals surface area contributed by atoms with Gasteiger partial charge in [-0.3, -0.25) is 0 Å². The predicted molar refractivity (Wildman–Crippen MR) is 81.3 cm³/mol. The fourth-order valence-corrected chi connectivity index (χ4v) is 2.61. The van der Waals surface area contributed by atoms with E-state index in [9.17, 15) is 0 Å². The molecule has 3 rings (SSSR count). The van der Waals surface area contributed by atoms with E-state index >= 15 is 0 Å². The van der Waals surface area contributed by atoms with Crippen molar-refractivity contribution in [1.29, 1.82) is 0 Å². The highest BCUT2D eigenvalue weighted by molar-refractivity contribution is 6.31. The molecule has 0 N–H and O–H groups in total. The van der Waals surface area contributed by atoms with Gasteiger partial charge < -0.3 is 9.13 Å². The third-order valence-electron chi connectivity index (χ3n) is 3.32. The first-order valence-electron chi connectivity index (χ1n) is 6.32. The van der Waals surface area contributed by atoms with Crippen LogP contribution in [0.5, 0.6) is 0 Å². The van der Waals surface area contributed by atoms with Gasteiger partial charge in [0.2, 0.25) is 0 Å². The van der Waals surface area contributed by atoms with Gasteiger partial charge >= 0.3 is 0 Å². The van der Waals surface area contributed by atoms with Crippen LogP contribution in [0, 0.1) is 0 Å². The predicted octanol–water partition coefficient (Wildman–Crippen LogP) is 3.77.